The Bertz CT molecular complexity index is 484. The van der Waals surface area contributed by atoms with E-state index in [9.17, 15) is 9.59 Å². The molecule has 0 saturated carbocycles. The number of nitrogens with zero attached hydrogens (tertiary/aromatic N) is 1. The first-order valence-electron chi connectivity index (χ1n) is 5.59. The molecular formula is C12H13ClN2O3. The van der Waals surface area contributed by atoms with Gasteiger partial charge < -0.3 is 15.7 Å². The highest BCUT2D eigenvalue weighted by Crippen LogP contribution is 2.23. The molecule has 0 spiro atoms. The van der Waals surface area contributed by atoms with Crippen molar-refractivity contribution >= 4 is 29.2 Å². The number of hydrogen-bond acceptors (Lipinski definition) is 3. The van der Waals surface area contributed by atoms with Crippen LogP contribution in [0.15, 0.2) is 18.2 Å². The van der Waals surface area contributed by atoms with Gasteiger partial charge in [0.1, 0.15) is 6.04 Å². The van der Waals surface area contributed by atoms with Gasteiger partial charge in [-0.15, -0.1) is 0 Å². The number of halogens is 1. The normalized spacial score (nSPS) is 18.9. The summed E-state index contributed by atoms with van der Waals surface area (Å²) in [6.45, 7) is 0.447. The SMILES string of the molecule is Nc1cc(Cl)cc(C(=O)N2CCC[C@@H]2C(=O)O)c1. The minimum Gasteiger partial charge on any atom is -0.480 e. The van der Waals surface area contributed by atoms with Crippen LogP contribution in [-0.4, -0.2) is 34.5 Å². The van der Waals surface area contributed by atoms with Gasteiger partial charge in [-0.05, 0) is 31.0 Å². The molecule has 1 fully saturated rings. The lowest BCUT2D eigenvalue weighted by Crippen LogP contribution is -2.40. The second kappa shape index (κ2) is 4.86. The van der Waals surface area contributed by atoms with Crippen molar-refractivity contribution in [1.82, 2.24) is 4.90 Å². The molecule has 1 aliphatic rings. The molecule has 1 aromatic carbocycles. The standard InChI is InChI=1S/C12H13ClN2O3/c13-8-4-7(5-9(14)6-8)11(16)15-3-1-2-10(15)12(17)18/h4-6,10H,1-3,14H2,(H,17,18)/t10-/m1/s1. The van der Waals surface area contributed by atoms with Gasteiger partial charge in [0.25, 0.3) is 5.91 Å². The highest BCUT2D eigenvalue weighted by Gasteiger charge is 2.34. The van der Waals surface area contributed by atoms with Crippen LogP contribution in [0.25, 0.3) is 0 Å². The van der Waals surface area contributed by atoms with Gasteiger partial charge in [-0.1, -0.05) is 11.6 Å². The molecule has 6 heteroatoms. The van der Waals surface area contributed by atoms with Gasteiger partial charge in [0, 0.05) is 22.8 Å². The monoisotopic (exact) mass is 268 g/mol. The summed E-state index contributed by atoms with van der Waals surface area (Å²) in [6.07, 6.45) is 1.18. The Morgan fingerprint density at radius 3 is 2.72 bits per heavy atom. The minimum absolute atomic E-state index is 0.327. The van der Waals surface area contributed by atoms with Crippen molar-refractivity contribution in [3.63, 3.8) is 0 Å². The Morgan fingerprint density at radius 2 is 2.11 bits per heavy atom. The fourth-order valence-electron chi connectivity index (χ4n) is 2.17. The lowest BCUT2D eigenvalue weighted by Gasteiger charge is -2.21. The summed E-state index contributed by atoms with van der Waals surface area (Å²) in [7, 11) is 0. The summed E-state index contributed by atoms with van der Waals surface area (Å²) in [4.78, 5) is 24.6. The summed E-state index contributed by atoms with van der Waals surface area (Å²) in [5.41, 5.74) is 6.33. The molecule has 1 heterocycles. The second-order valence-electron chi connectivity index (χ2n) is 4.27. The van der Waals surface area contributed by atoms with E-state index >= 15 is 0 Å². The average molecular weight is 269 g/mol. The van der Waals surface area contributed by atoms with Crippen molar-refractivity contribution in [2.75, 3.05) is 12.3 Å². The molecule has 2 rings (SSSR count). The maximum absolute atomic E-state index is 12.2. The van der Waals surface area contributed by atoms with Gasteiger partial charge in [0.15, 0.2) is 0 Å². The fraction of sp³-hybridized carbons (Fsp3) is 0.333. The van der Waals surface area contributed by atoms with E-state index in [1.807, 2.05) is 0 Å². The molecule has 1 aliphatic heterocycles. The molecule has 5 nitrogen and oxygen atoms in total. The van der Waals surface area contributed by atoms with Crippen LogP contribution in [-0.2, 0) is 4.79 Å². The summed E-state index contributed by atoms with van der Waals surface area (Å²) in [5.74, 6) is -1.31. The van der Waals surface area contributed by atoms with Crippen molar-refractivity contribution < 1.29 is 14.7 Å². The molecule has 1 aromatic rings. The molecule has 18 heavy (non-hydrogen) atoms. The summed E-state index contributed by atoms with van der Waals surface area (Å²) in [6, 6.07) is 3.79. The predicted molar refractivity (Wildman–Crippen MR) is 67.6 cm³/mol. The van der Waals surface area contributed by atoms with Crippen molar-refractivity contribution in [2.45, 2.75) is 18.9 Å². The van der Waals surface area contributed by atoms with Gasteiger partial charge in [0.2, 0.25) is 0 Å². The molecule has 0 radical (unpaired) electrons. The molecule has 0 unspecified atom stereocenters. The Kier molecular flexibility index (Phi) is 3.43. The number of carboxylic acids is 1. The topological polar surface area (TPSA) is 83.6 Å². The first kappa shape index (κ1) is 12.7. The van der Waals surface area contributed by atoms with Crippen LogP contribution in [0.4, 0.5) is 5.69 Å². The molecule has 1 atom stereocenters. The molecule has 0 bridgehead atoms. The van der Waals surface area contributed by atoms with Crippen molar-refractivity contribution in [1.29, 1.82) is 0 Å². The second-order valence-corrected chi connectivity index (χ2v) is 4.70. The molecule has 1 saturated heterocycles. The molecule has 0 aromatic heterocycles. The third-order valence-corrected chi connectivity index (χ3v) is 3.18. The third kappa shape index (κ3) is 2.41. The first-order chi connectivity index (χ1) is 8.49. The van der Waals surface area contributed by atoms with E-state index in [4.69, 9.17) is 22.4 Å². The zero-order valence-corrected chi connectivity index (χ0v) is 10.4. The molecule has 3 N–H and O–H groups in total. The van der Waals surface area contributed by atoms with E-state index in [1.165, 1.54) is 23.1 Å². The van der Waals surface area contributed by atoms with Gasteiger partial charge in [-0.2, -0.15) is 0 Å². The van der Waals surface area contributed by atoms with Crippen LogP contribution in [0.5, 0.6) is 0 Å². The summed E-state index contributed by atoms with van der Waals surface area (Å²) in [5, 5.41) is 9.41. The van der Waals surface area contributed by atoms with E-state index in [-0.39, 0.29) is 5.91 Å². The number of carboxylic acid groups (broad SMARTS) is 1. The highest BCUT2D eigenvalue weighted by molar-refractivity contribution is 6.31. The number of likely N-dealkylation sites (tertiary alicyclic amines) is 1. The number of hydrogen-bond donors (Lipinski definition) is 2. The largest absolute Gasteiger partial charge is 0.480 e. The summed E-state index contributed by atoms with van der Waals surface area (Å²) >= 11 is 5.83. The third-order valence-electron chi connectivity index (χ3n) is 2.97. The number of amides is 1. The number of carbonyl (C=O) groups excluding carboxylic acids is 1. The number of rotatable bonds is 2. The van der Waals surface area contributed by atoms with E-state index in [0.29, 0.717) is 35.7 Å². The number of benzene rings is 1. The Morgan fingerprint density at radius 1 is 1.39 bits per heavy atom. The maximum Gasteiger partial charge on any atom is 0.326 e. The smallest absolute Gasteiger partial charge is 0.326 e. The minimum atomic E-state index is -0.976. The molecule has 96 valence electrons. The zero-order valence-electron chi connectivity index (χ0n) is 9.60. The predicted octanol–water partition coefficient (Wildman–Crippen LogP) is 1.61. The Labute approximate surface area is 109 Å². The highest BCUT2D eigenvalue weighted by atomic mass is 35.5. The van der Waals surface area contributed by atoms with Crippen LogP contribution in [0.3, 0.4) is 0 Å². The maximum atomic E-state index is 12.2. The van der Waals surface area contributed by atoms with Crippen LogP contribution < -0.4 is 5.73 Å². The number of carbonyl (C=O) groups is 2. The van der Waals surface area contributed by atoms with Crippen LogP contribution in [0, 0.1) is 0 Å². The number of anilines is 1. The number of nitrogen functional groups attached to an aromatic ring is 1. The lowest BCUT2D eigenvalue weighted by atomic mass is 10.1. The number of nitrogens with two attached hydrogens (primary N) is 1. The quantitative estimate of drug-likeness (QED) is 0.798. The molecule has 0 aliphatic carbocycles. The van der Waals surface area contributed by atoms with Gasteiger partial charge in [0.05, 0.1) is 0 Å². The van der Waals surface area contributed by atoms with Crippen LogP contribution in [0.2, 0.25) is 5.02 Å². The Balaban J connectivity index is 2.28. The fourth-order valence-corrected chi connectivity index (χ4v) is 2.41. The van der Waals surface area contributed by atoms with Crippen LogP contribution >= 0.6 is 11.6 Å². The van der Waals surface area contributed by atoms with Gasteiger partial charge in [-0.25, -0.2) is 4.79 Å². The van der Waals surface area contributed by atoms with Crippen molar-refractivity contribution in [3.8, 4) is 0 Å². The van der Waals surface area contributed by atoms with E-state index in [0.717, 1.165) is 0 Å². The Hall–Kier alpha value is -1.75. The van der Waals surface area contributed by atoms with Crippen LogP contribution in [0.1, 0.15) is 23.2 Å². The zero-order chi connectivity index (χ0) is 13.3. The van der Waals surface area contributed by atoms with Gasteiger partial charge in [-0.3, -0.25) is 4.79 Å². The van der Waals surface area contributed by atoms with E-state index < -0.39 is 12.0 Å². The van der Waals surface area contributed by atoms with Crippen molar-refractivity contribution in [2.24, 2.45) is 0 Å². The lowest BCUT2D eigenvalue weighted by molar-refractivity contribution is -0.141. The van der Waals surface area contributed by atoms with Gasteiger partial charge >= 0.3 is 5.97 Å². The van der Waals surface area contributed by atoms with E-state index in [1.54, 1.807) is 0 Å². The average Bonchev–Trinajstić information content (AvgIpc) is 2.75. The first-order valence-corrected chi connectivity index (χ1v) is 5.96. The molecule has 1 amide bonds. The van der Waals surface area contributed by atoms with Crippen molar-refractivity contribution in [3.05, 3.63) is 28.8 Å². The summed E-state index contributed by atoms with van der Waals surface area (Å²) < 4.78 is 0. The molecular weight excluding hydrogens is 256 g/mol. The van der Waals surface area contributed by atoms with E-state index in [2.05, 4.69) is 0 Å². The number of aliphatic carboxylic acids is 1.